The van der Waals surface area contributed by atoms with Gasteiger partial charge in [-0.15, -0.1) is 10.2 Å². The number of nitrogens with zero attached hydrogens (tertiary/aromatic N) is 6. The molecular weight excluding hydrogens is 480 g/mol. The van der Waals surface area contributed by atoms with Crippen molar-refractivity contribution in [3.05, 3.63) is 88.2 Å². The summed E-state index contributed by atoms with van der Waals surface area (Å²) < 4.78 is 6.96. The van der Waals surface area contributed by atoms with Crippen LogP contribution >= 0.6 is 11.8 Å². The first-order valence-electron chi connectivity index (χ1n) is 11.1. The zero-order chi connectivity index (χ0) is 25.5. The van der Waals surface area contributed by atoms with Crippen LogP contribution in [0, 0.1) is 10.1 Å². The van der Waals surface area contributed by atoms with Gasteiger partial charge < -0.3 is 9.30 Å². The van der Waals surface area contributed by atoms with Gasteiger partial charge in [-0.05, 0) is 68.1 Å². The molecule has 0 spiro atoms. The molecule has 0 aliphatic heterocycles. The fourth-order valence-electron chi connectivity index (χ4n) is 3.35. The number of nitro benzene ring substituents is 1. The first-order valence-corrected chi connectivity index (χ1v) is 11.9. The van der Waals surface area contributed by atoms with E-state index in [1.54, 1.807) is 55.9 Å². The molecule has 0 atom stereocenters. The van der Waals surface area contributed by atoms with Gasteiger partial charge in [-0.25, -0.2) is 4.79 Å². The lowest BCUT2D eigenvalue weighted by Gasteiger charge is -2.09. The second-order valence-electron chi connectivity index (χ2n) is 7.39. The number of carbonyl (C=O) groups is 1. The minimum Gasteiger partial charge on any atom is -0.462 e. The zero-order valence-electron chi connectivity index (χ0n) is 19.6. The largest absolute Gasteiger partial charge is 0.462 e. The van der Waals surface area contributed by atoms with Crippen molar-refractivity contribution < 1.29 is 14.5 Å². The summed E-state index contributed by atoms with van der Waals surface area (Å²) in [6.07, 6.45) is 4.95. The molecule has 0 N–H and O–H groups in total. The maximum atomic E-state index is 11.9. The van der Waals surface area contributed by atoms with Crippen LogP contribution in [0.2, 0.25) is 0 Å². The van der Waals surface area contributed by atoms with E-state index in [-0.39, 0.29) is 5.69 Å². The third kappa shape index (κ3) is 5.63. The fraction of sp³-hybridized carbons (Fsp3) is 0.160. The summed E-state index contributed by atoms with van der Waals surface area (Å²) in [6.45, 7) is 4.67. The maximum absolute atomic E-state index is 11.9. The van der Waals surface area contributed by atoms with Crippen LogP contribution in [-0.4, -0.2) is 43.5 Å². The van der Waals surface area contributed by atoms with Gasteiger partial charge >= 0.3 is 5.97 Å². The lowest BCUT2D eigenvalue weighted by atomic mass is 10.2. The molecular formula is C25H22N6O4S. The van der Waals surface area contributed by atoms with Crippen LogP contribution in [-0.2, 0) is 11.3 Å². The van der Waals surface area contributed by atoms with E-state index in [9.17, 15) is 14.9 Å². The highest BCUT2D eigenvalue weighted by molar-refractivity contribution is 7.99. The molecule has 0 aliphatic rings. The minimum absolute atomic E-state index is 0.0482. The first kappa shape index (κ1) is 24.7. The van der Waals surface area contributed by atoms with E-state index in [1.165, 1.54) is 23.9 Å². The quantitative estimate of drug-likeness (QED) is 0.130. The average Bonchev–Trinajstić information content (AvgIpc) is 3.31. The van der Waals surface area contributed by atoms with Gasteiger partial charge in [0.25, 0.3) is 5.69 Å². The van der Waals surface area contributed by atoms with Crippen LogP contribution in [0.15, 0.2) is 82.0 Å². The van der Waals surface area contributed by atoms with E-state index in [0.29, 0.717) is 40.9 Å². The van der Waals surface area contributed by atoms with Crippen molar-refractivity contribution in [2.75, 3.05) is 6.61 Å². The van der Waals surface area contributed by atoms with Crippen molar-refractivity contribution in [2.45, 2.75) is 30.4 Å². The Morgan fingerprint density at radius 1 is 1.11 bits per heavy atom. The van der Waals surface area contributed by atoms with Crippen LogP contribution in [0.4, 0.5) is 11.4 Å². The molecule has 182 valence electrons. The van der Waals surface area contributed by atoms with Crippen molar-refractivity contribution in [1.82, 2.24) is 19.7 Å². The number of hydrogen-bond acceptors (Lipinski definition) is 9. The van der Waals surface area contributed by atoms with Gasteiger partial charge in [-0.3, -0.25) is 20.1 Å². The third-order valence-corrected chi connectivity index (χ3v) is 6.18. The molecule has 10 nitrogen and oxygen atoms in total. The molecule has 4 aromatic rings. The summed E-state index contributed by atoms with van der Waals surface area (Å²) in [5.74, 6) is 0.304. The van der Waals surface area contributed by atoms with Crippen LogP contribution in [0.1, 0.15) is 29.8 Å². The van der Waals surface area contributed by atoms with Crippen LogP contribution in [0.3, 0.4) is 0 Å². The number of nitro groups is 1. The number of aliphatic imine (C=N–C) groups is 1. The third-order valence-electron chi connectivity index (χ3n) is 5.11. The lowest BCUT2D eigenvalue weighted by molar-refractivity contribution is -0.384. The molecule has 0 fully saturated rings. The van der Waals surface area contributed by atoms with Crippen molar-refractivity contribution in [3.8, 4) is 11.4 Å². The molecule has 2 aromatic heterocycles. The number of hydrogen-bond donors (Lipinski definition) is 0. The van der Waals surface area contributed by atoms with Crippen molar-refractivity contribution in [3.63, 3.8) is 0 Å². The SMILES string of the molecule is CCOC(=O)c1ccc(N=Cc2cc([N+](=O)[O-])ccc2Sc2nnc(-c3ccncc3)n2CC)cc1. The number of benzene rings is 2. The zero-order valence-corrected chi connectivity index (χ0v) is 20.4. The van der Waals surface area contributed by atoms with Gasteiger partial charge in [0, 0.05) is 53.3 Å². The number of rotatable bonds is 9. The maximum Gasteiger partial charge on any atom is 0.338 e. The number of non-ortho nitro benzene ring substituents is 1. The second-order valence-corrected chi connectivity index (χ2v) is 8.40. The van der Waals surface area contributed by atoms with Crippen LogP contribution < -0.4 is 0 Å². The number of esters is 1. The Morgan fingerprint density at radius 2 is 1.86 bits per heavy atom. The lowest BCUT2D eigenvalue weighted by Crippen LogP contribution is -2.03. The highest BCUT2D eigenvalue weighted by atomic mass is 32.2. The normalized spacial score (nSPS) is 11.1. The predicted octanol–water partition coefficient (Wildman–Crippen LogP) is 5.35. The molecule has 0 bridgehead atoms. The van der Waals surface area contributed by atoms with E-state index >= 15 is 0 Å². The molecule has 0 unspecified atom stereocenters. The molecule has 2 aromatic carbocycles. The first-order chi connectivity index (χ1) is 17.5. The summed E-state index contributed by atoms with van der Waals surface area (Å²) >= 11 is 1.35. The Kier molecular flexibility index (Phi) is 7.81. The average molecular weight is 503 g/mol. The van der Waals surface area contributed by atoms with Gasteiger partial charge in [0.15, 0.2) is 11.0 Å². The number of ether oxygens (including phenoxy) is 1. The molecule has 0 saturated heterocycles. The Bertz CT molecular complexity index is 1400. The highest BCUT2D eigenvalue weighted by Crippen LogP contribution is 2.33. The van der Waals surface area contributed by atoms with E-state index in [1.807, 2.05) is 23.6 Å². The van der Waals surface area contributed by atoms with E-state index < -0.39 is 10.9 Å². The van der Waals surface area contributed by atoms with E-state index in [2.05, 4.69) is 20.2 Å². The Hall–Kier alpha value is -4.38. The molecule has 11 heteroatoms. The second kappa shape index (κ2) is 11.4. The van der Waals surface area contributed by atoms with Gasteiger partial charge in [0.1, 0.15) is 0 Å². The number of carbonyl (C=O) groups excluding carboxylic acids is 1. The molecule has 0 amide bonds. The van der Waals surface area contributed by atoms with E-state index in [0.717, 1.165) is 10.5 Å². The molecule has 0 aliphatic carbocycles. The standard InChI is InChI=1S/C25H22N6O4S/c1-3-30-23(17-11-13-26-14-12-17)28-29-25(30)36-22-10-9-21(31(33)34)15-19(22)16-27-20-7-5-18(6-8-20)24(32)35-4-2/h5-16H,3-4H2,1-2H3. The topological polar surface area (TPSA) is 125 Å². The molecule has 0 radical (unpaired) electrons. The molecule has 2 heterocycles. The summed E-state index contributed by atoms with van der Waals surface area (Å²) in [5, 5.41) is 20.7. The van der Waals surface area contributed by atoms with Gasteiger partial charge in [-0.2, -0.15) is 0 Å². The van der Waals surface area contributed by atoms with Crippen molar-refractivity contribution >= 4 is 35.3 Å². The van der Waals surface area contributed by atoms with Gasteiger partial charge in [0.05, 0.1) is 22.8 Å². The highest BCUT2D eigenvalue weighted by Gasteiger charge is 2.17. The van der Waals surface area contributed by atoms with E-state index in [4.69, 9.17) is 4.74 Å². The Balaban J connectivity index is 1.64. The van der Waals surface area contributed by atoms with Crippen molar-refractivity contribution in [1.29, 1.82) is 0 Å². The van der Waals surface area contributed by atoms with Crippen molar-refractivity contribution in [2.24, 2.45) is 4.99 Å². The van der Waals surface area contributed by atoms with Crippen LogP contribution in [0.25, 0.3) is 11.4 Å². The molecule has 0 saturated carbocycles. The van der Waals surface area contributed by atoms with Crippen LogP contribution in [0.5, 0.6) is 0 Å². The summed E-state index contributed by atoms with van der Waals surface area (Å²) in [6, 6.07) is 14.9. The number of pyridine rings is 1. The summed E-state index contributed by atoms with van der Waals surface area (Å²) in [5.41, 5.74) is 2.41. The Morgan fingerprint density at radius 3 is 2.53 bits per heavy atom. The monoisotopic (exact) mass is 502 g/mol. The van der Waals surface area contributed by atoms with Gasteiger partial charge in [0.2, 0.25) is 0 Å². The molecule has 36 heavy (non-hydrogen) atoms. The summed E-state index contributed by atoms with van der Waals surface area (Å²) in [7, 11) is 0. The number of aromatic nitrogens is 4. The smallest absolute Gasteiger partial charge is 0.338 e. The predicted molar refractivity (Wildman–Crippen MR) is 136 cm³/mol. The summed E-state index contributed by atoms with van der Waals surface area (Å²) in [4.78, 5) is 32.0. The minimum atomic E-state index is -0.448. The molecule has 4 rings (SSSR count). The fourth-order valence-corrected chi connectivity index (χ4v) is 4.32. The Labute approximate surface area is 211 Å². The van der Waals surface area contributed by atoms with Gasteiger partial charge in [-0.1, -0.05) is 0 Å².